The maximum Gasteiger partial charge on any atom is 0.224 e. The highest BCUT2D eigenvalue weighted by Gasteiger charge is 2.11. The van der Waals surface area contributed by atoms with E-state index in [1.807, 2.05) is 30.3 Å². The van der Waals surface area contributed by atoms with Gasteiger partial charge in [0.15, 0.2) is 0 Å². The first kappa shape index (κ1) is 23.7. The van der Waals surface area contributed by atoms with Gasteiger partial charge in [-0.25, -0.2) is 0 Å². The normalized spacial score (nSPS) is 14.6. The van der Waals surface area contributed by atoms with Crippen molar-refractivity contribution >= 4 is 29.0 Å². The molecule has 5 nitrogen and oxygen atoms in total. The minimum absolute atomic E-state index is 0.0263. The van der Waals surface area contributed by atoms with Gasteiger partial charge in [0.05, 0.1) is 13.7 Å². The molecule has 0 saturated carbocycles. The van der Waals surface area contributed by atoms with Crippen molar-refractivity contribution in [3.05, 3.63) is 52.9 Å². The van der Waals surface area contributed by atoms with Crippen LogP contribution in [0.2, 0.25) is 0 Å². The number of likely N-dealkylation sites (tertiary alicyclic amines) is 1. The minimum atomic E-state index is 0.0263. The highest BCUT2D eigenvalue weighted by Crippen LogP contribution is 2.24. The summed E-state index contributed by atoms with van der Waals surface area (Å²) in [6, 6.07) is 10.0. The second-order valence-corrected chi connectivity index (χ2v) is 9.63. The number of methoxy groups -OCH3 is 1. The van der Waals surface area contributed by atoms with Crippen LogP contribution < -0.4 is 14.8 Å². The van der Waals surface area contributed by atoms with E-state index in [2.05, 4.69) is 21.7 Å². The lowest BCUT2D eigenvalue weighted by atomic mass is 10.1. The monoisotopic (exact) mass is 460 g/mol. The van der Waals surface area contributed by atoms with Crippen LogP contribution in [0.3, 0.4) is 0 Å². The number of hydrogen-bond acceptors (Lipinski definition) is 6. The average molecular weight is 461 g/mol. The van der Waals surface area contributed by atoms with Crippen molar-refractivity contribution in [3.8, 4) is 11.5 Å². The van der Waals surface area contributed by atoms with E-state index in [0.29, 0.717) is 13.0 Å². The summed E-state index contributed by atoms with van der Waals surface area (Å²) in [6.07, 6.45) is 8.91. The molecule has 7 heteroatoms. The lowest BCUT2D eigenvalue weighted by Crippen LogP contribution is -2.28. The quantitative estimate of drug-likeness (QED) is 0.343. The van der Waals surface area contributed by atoms with Crippen LogP contribution in [0.25, 0.3) is 0 Å². The SMILES string of the molecule is COc1ccc(SCCC(=O)N/C=C\CCOc2csc(CN3CCCCC3)c2)cc1. The van der Waals surface area contributed by atoms with Crippen LogP contribution in [0.4, 0.5) is 0 Å². The summed E-state index contributed by atoms with van der Waals surface area (Å²) in [4.78, 5) is 17.0. The Balaban J connectivity index is 1.23. The first-order valence-electron chi connectivity index (χ1n) is 10.9. The molecule has 1 fully saturated rings. The third-order valence-electron chi connectivity index (χ3n) is 5.03. The van der Waals surface area contributed by atoms with E-state index >= 15 is 0 Å². The Bertz CT molecular complexity index is 814. The number of hydrogen-bond donors (Lipinski definition) is 1. The number of carbonyl (C=O) groups excluding carboxylic acids is 1. The molecule has 0 spiro atoms. The van der Waals surface area contributed by atoms with Gasteiger partial charge in [-0.15, -0.1) is 23.1 Å². The smallest absolute Gasteiger partial charge is 0.224 e. The third kappa shape index (κ3) is 8.97. The largest absolute Gasteiger partial charge is 0.497 e. The van der Waals surface area contributed by atoms with Crippen LogP contribution >= 0.6 is 23.1 Å². The molecular formula is C24H32N2O3S2. The summed E-state index contributed by atoms with van der Waals surface area (Å²) in [7, 11) is 1.65. The fourth-order valence-corrected chi connectivity index (χ4v) is 5.04. The molecule has 1 amide bonds. The Morgan fingerprint density at radius 1 is 1.19 bits per heavy atom. The van der Waals surface area contributed by atoms with Crippen molar-refractivity contribution in [2.24, 2.45) is 0 Å². The number of carbonyl (C=O) groups is 1. The summed E-state index contributed by atoms with van der Waals surface area (Å²) in [5.74, 6) is 2.56. The average Bonchev–Trinajstić information content (AvgIpc) is 3.24. The van der Waals surface area contributed by atoms with Crippen molar-refractivity contribution in [2.45, 2.75) is 43.5 Å². The number of piperidine rings is 1. The van der Waals surface area contributed by atoms with Gasteiger partial charge in [0.25, 0.3) is 0 Å². The molecule has 2 heterocycles. The number of thioether (sulfide) groups is 1. The number of rotatable bonds is 12. The van der Waals surface area contributed by atoms with Gasteiger partial charge in [-0.05, 0) is 62.5 Å². The fourth-order valence-electron chi connectivity index (χ4n) is 3.34. The Kier molecular flexibility index (Phi) is 10.3. The molecule has 1 aliphatic heterocycles. The van der Waals surface area contributed by atoms with Crippen LogP contribution in [-0.2, 0) is 11.3 Å². The second kappa shape index (κ2) is 13.5. The van der Waals surface area contributed by atoms with Gasteiger partial charge in [0.2, 0.25) is 5.91 Å². The molecule has 1 aromatic heterocycles. The van der Waals surface area contributed by atoms with Gasteiger partial charge in [0.1, 0.15) is 11.5 Å². The Morgan fingerprint density at radius 2 is 2.00 bits per heavy atom. The zero-order valence-electron chi connectivity index (χ0n) is 18.2. The lowest BCUT2D eigenvalue weighted by molar-refractivity contribution is -0.119. The van der Waals surface area contributed by atoms with Gasteiger partial charge < -0.3 is 14.8 Å². The van der Waals surface area contributed by atoms with E-state index in [1.54, 1.807) is 36.4 Å². The fraction of sp³-hybridized carbons (Fsp3) is 0.458. The van der Waals surface area contributed by atoms with Crippen molar-refractivity contribution in [1.82, 2.24) is 10.2 Å². The van der Waals surface area contributed by atoms with Gasteiger partial charge in [0, 0.05) is 40.3 Å². The second-order valence-electron chi connectivity index (χ2n) is 7.47. The number of benzene rings is 1. The number of ether oxygens (including phenoxy) is 2. The number of nitrogens with one attached hydrogen (secondary N) is 1. The molecule has 1 aliphatic rings. The van der Waals surface area contributed by atoms with E-state index < -0.39 is 0 Å². The number of thiophene rings is 1. The summed E-state index contributed by atoms with van der Waals surface area (Å²) < 4.78 is 11.0. The molecule has 0 atom stereocenters. The maximum atomic E-state index is 11.9. The van der Waals surface area contributed by atoms with Crippen LogP contribution in [0.5, 0.6) is 11.5 Å². The number of nitrogens with zero attached hydrogens (tertiary/aromatic N) is 1. The summed E-state index contributed by atoms with van der Waals surface area (Å²) in [5, 5.41) is 4.91. The highest BCUT2D eigenvalue weighted by atomic mass is 32.2. The Hall–Kier alpha value is -1.96. The minimum Gasteiger partial charge on any atom is -0.497 e. The first-order chi connectivity index (χ1) is 15.2. The van der Waals surface area contributed by atoms with Crippen molar-refractivity contribution < 1.29 is 14.3 Å². The van der Waals surface area contributed by atoms with Crippen molar-refractivity contribution in [2.75, 3.05) is 32.6 Å². The van der Waals surface area contributed by atoms with E-state index in [-0.39, 0.29) is 5.91 Å². The van der Waals surface area contributed by atoms with Crippen molar-refractivity contribution in [3.63, 3.8) is 0 Å². The van der Waals surface area contributed by atoms with Gasteiger partial charge in [-0.3, -0.25) is 9.69 Å². The van der Waals surface area contributed by atoms with Crippen LogP contribution in [0.15, 0.2) is 52.9 Å². The highest BCUT2D eigenvalue weighted by molar-refractivity contribution is 7.99. The predicted molar refractivity (Wildman–Crippen MR) is 129 cm³/mol. The molecule has 168 valence electrons. The zero-order chi connectivity index (χ0) is 21.7. The molecule has 0 unspecified atom stereocenters. The van der Waals surface area contributed by atoms with Crippen molar-refractivity contribution in [1.29, 1.82) is 0 Å². The molecular weight excluding hydrogens is 428 g/mol. The van der Waals surface area contributed by atoms with E-state index in [1.165, 1.54) is 37.2 Å². The summed E-state index contributed by atoms with van der Waals surface area (Å²) in [5.41, 5.74) is 0. The summed E-state index contributed by atoms with van der Waals surface area (Å²) >= 11 is 3.44. The molecule has 1 N–H and O–H groups in total. The lowest BCUT2D eigenvalue weighted by Gasteiger charge is -2.25. The number of amides is 1. The molecule has 2 aromatic rings. The zero-order valence-corrected chi connectivity index (χ0v) is 19.8. The molecule has 0 bridgehead atoms. The third-order valence-corrected chi connectivity index (χ3v) is 6.94. The van der Waals surface area contributed by atoms with Crippen LogP contribution in [-0.4, -0.2) is 43.4 Å². The van der Waals surface area contributed by atoms with E-state index in [9.17, 15) is 4.79 Å². The maximum absolute atomic E-state index is 11.9. The topological polar surface area (TPSA) is 50.8 Å². The van der Waals surface area contributed by atoms with Crippen LogP contribution in [0, 0.1) is 0 Å². The van der Waals surface area contributed by atoms with Gasteiger partial charge in [-0.1, -0.05) is 12.5 Å². The van der Waals surface area contributed by atoms with E-state index in [0.717, 1.165) is 35.1 Å². The van der Waals surface area contributed by atoms with Crippen LogP contribution in [0.1, 0.15) is 37.0 Å². The molecule has 31 heavy (non-hydrogen) atoms. The predicted octanol–water partition coefficient (Wildman–Crippen LogP) is 5.32. The Morgan fingerprint density at radius 3 is 2.77 bits per heavy atom. The molecule has 3 rings (SSSR count). The standard InChI is InChI=1S/C24H32N2O3S2/c1-28-20-7-9-22(10-8-20)30-16-11-24(27)25-12-3-6-15-29-21-17-23(31-19-21)18-26-13-4-2-5-14-26/h3,7-10,12,17,19H,2,4-6,11,13-16,18H2,1H3,(H,25,27)/b12-3-. The van der Waals surface area contributed by atoms with Gasteiger partial charge >= 0.3 is 0 Å². The molecule has 1 saturated heterocycles. The van der Waals surface area contributed by atoms with E-state index in [4.69, 9.17) is 9.47 Å². The molecule has 1 aromatic carbocycles. The Labute approximate surface area is 193 Å². The molecule has 0 aliphatic carbocycles. The van der Waals surface area contributed by atoms with Gasteiger partial charge in [-0.2, -0.15) is 0 Å². The summed E-state index contributed by atoms with van der Waals surface area (Å²) in [6.45, 7) is 4.08. The molecule has 0 radical (unpaired) electrons. The first-order valence-corrected chi connectivity index (χ1v) is 12.7.